The Kier molecular flexibility index (Phi) is 3.37. The number of hydrogen-bond donors (Lipinski definition) is 0. The normalized spacial score (nSPS) is 45.8. The quantitative estimate of drug-likeness (QED) is 0.530. The highest BCUT2D eigenvalue weighted by molar-refractivity contribution is 7.57. The maximum absolute atomic E-state index is 2.48. The second-order valence-electron chi connectivity index (χ2n) is 4.06. The van der Waals surface area contributed by atoms with Crippen LogP contribution < -0.4 is 0 Å². The Morgan fingerprint density at radius 3 is 2.45 bits per heavy atom. The predicted octanol–water partition coefficient (Wildman–Crippen LogP) is 3.55. The second-order valence-corrected chi connectivity index (χ2v) is 6.84. The molecule has 1 rings (SSSR count). The summed E-state index contributed by atoms with van der Waals surface area (Å²) >= 11 is 0. The Labute approximate surface area is 72.5 Å². The van der Waals surface area contributed by atoms with Crippen molar-refractivity contribution in [3.63, 3.8) is 0 Å². The molecular formula is C10H21P. The van der Waals surface area contributed by atoms with Crippen LogP contribution in [0.25, 0.3) is 0 Å². The second kappa shape index (κ2) is 3.90. The molecule has 1 aliphatic heterocycles. The van der Waals surface area contributed by atoms with Gasteiger partial charge >= 0.3 is 0 Å². The summed E-state index contributed by atoms with van der Waals surface area (Å²) in [5.41, 5.74) is 1.03. The lowest BCUT2D eigenvalue weighted by molar-refractivity contribution is 0.322. The van der Waals surface area contributed by atoms with Gasteiger partial charge in [0.25, 0.3) is 0 Å². The minimum absolute atomic E-state index is 0.375. The van der Waals surface area contributed by atoms with Crippen LogP contribution in [-0.2, 0) is 0 Å². The predicted molar refractivity (Wildman–Crippen MR) is 54.7 cm³/mol. The van der Waals surface area contributed by atoms with Crippen LogP contribution in [-0.4, -0.2) is 18.5 Å². The molecule has 4 unspecified atom stereocenters. The third-order valence-corrected chi connectivity index (χ3v) is 6.19. The lowest BCUT2D eigenvalue weighted by Gasteiger charge is -2.38. The molecule has 0 aliphatic carbocycles. The molecule has 1 saturated heterocycles. The average molecular weight is 172 g/mol. The van der Waals surface area contributed by atoms with E-state index in [1.807, 2.05) is 0 Å². The molecule has 0 nitrogen and oxygen atoms in total. The summed E-state index contributed by atoms with van der Waals surface area (Å²) < 4.78 is 0. The Morgan fingerprint density at radius 1 is 1.36 bits per heavy atom. The van der Waals surface area contributed by atoms with Crippen LogP contribution in [0.15, 0.2) is 0 Å². The van der Waals surface area contributed by atoms with E-state index in [-0.39, 0.29) is 0 Å². The highest BCUT2D eigenvalue weighted by Gasteiger charge is 2.30. The van der Waals surface area contributed by atoms with Crippen molar-refractivity contribution in [2.24, 2.45) is 11.8 Å². The Balaban J connectivity index is 2.55. The van der Waals surface area contributed by atoms with Gasteiger partial charge in [-0.15, -0.1) is 7.92 Å². The van der Waals surface area contributed by atoms with Crippen LogP contribution in [0, 0.1) is 11.8 Å². The first-order valence-corrected chi connectivity index (χ1v) is 6.91. The zero-order chi connectivity index (χ0) is 8.43. The standard InChI is InChI=1S/C10H21P/c1-5-10-8(2)6-7-11(4)9(10)3/h8-10H,5-7H2,1-4H3. The first-order chi connectivity index (χ1) is 5.16. The number of hydrogen-bond acceptors (Lipinski definition) is 0. The third-order valence-electron chi connectivity index (χ3n) is 3.45. The summed E-state index contributed by atoms with van der Waals surface area (Å²) in [4.78, 5) is 0. The lowest BCUT2D eigenvalue weighted by atomic mass is 9.87. The van der Waals surface area contributed by atoms with Crippen molar-refractivity contribution in [1.82, 2.24) is 0 Å². The summed E-state index contributed by atoms with van der Waals surface area (Å²) in [6, 6.07) is 0. The van der Waals surface area contributed by atoms with E-state index in [0.29, 0.717) is 7.92 Å². The molecule has 0 amide bonds. The first kappa shape index (κ1) is 9.52. The molecule has 0 spiro atoms. The highest BCUT2D eigenvalue weighted by atomic mass is 31.1. The van der Waals surface area contributed by atoms with E-state index in [4.69, 9.17) is 0 Å². The van der Waals surface area contributed by atoms with Gasteiger partial charge in [0.15, 0.2) is 0 Å². The zero-order valence-corrected chi connectivity index (χ0v) is 9.20. The smallest absolute Gasteiger partial charge is 0.0209 e. The van der Waals surface area contributed by atoms with Gasteiger partial charge in [0.1, 0.15) is 0 Å². The van der Waals surface area contributed by atoms with Gasteiger partial charge in [-0.3, -0.25) is 0 Å². The molecule has 4 atom stereocenters. The van der Waals surface area contributed by atoms with Gasteiger partial charge < -0.3 is 0 Å². The van der Waals surface area contributed by atoms with Crippen LogP contribution in [0.3, 0.4) is 0 Å². The van der Waals surface area contributed by atoms with Crippen molar-refractivity contribution < 1.29 is 0 Å². The van der Waals surface area contributed by atoms with E-state index in [9.17, 15) is 0 Å². The molecule has 0 N–H and O–H groups in total. The maximum atomic E-state index is 2.48. The molecule has 1 fully saturated rings. The summed E-state index contributed by atoms with van der Waals surface area (Å²) in [7, 11) is 0.375. The molecule has 0 bridgehead atoms. The van der Waals surface area contributed by atoms with E-state index < -0.39 is 0 Å². The largest absolute Gasteiger partial charge is 0.107 e. The molecule has 0 saturated carbocycles. The average Bonchev–Trinajstić information content (AvgIpc) is 1.99. The molecule has 0 radical (unpaired) electrons. The monoisotopic (exact) mass is 172 g/mol. The summed E-state index contributed by atoms with van der Waals surface area (Å²) in [6.07, 6.45) is 4.41. The van der Waals surface area contributed by atoms with Crippen molar-refractivity contribution in [1.29, 1.82) is 0 Å². The van der Waals surface area contributed by atoms with Gasteiger partial charge in [0.05, 0.1) is 0 Å². The van der Waals surface area contributed by atoms with E-state index in [2.05, 4.69) is 27.4 Å². The van der Waals surface area contributed by atoms with Crippen molar-refractivity contribution in [3.05, 3.63) is 0 Å². The van der Waals surface area contributed by atoms with Crippen LogP contribution in [0.5, 0.6) is 0 Å². The Hall–Kier alpha value is 0.430. The molecule has 0 aromatic carbocycles. The SMILES string of the molecule is CCC1C(C)CCP(C)C1C. The highest BCUT2D eigenvalue weighted by Crippen LogP contribution is 2.50. The van der Waals surface area contributed by atoms with Gasteiger partial charge in [-0.2, -0.15) is 0 Å². The summed E-state index contributed by atoms with van der Waals surface area (Å²) in [6.45, 7) is 9.74. The van der Waals surface area contributed by atoms with Crippen molar-refractivity contribution >= 4 is 7.92 Å². The molecule has 1 heteroatoms. The first-order valence-electron chi connectivity index (χ1n) is 4.87. The Morgan fingerprint density at radius 2 is 2.00 bits per heavy atom. The van der Waals surface area contributed by atoms with Gasteiger partial charge in [0.2, 0.25) is 0 Å². The van der Waals surface area contributed by atoms with Gasteiger partial charge in [-0.1, -0.05) is 27.2 Å². The molecule has 1 aliphatic rings. The lowest BCUT2D eigenvalue weighted by Crippen LogP contribution is -2.28. The fourth-order valence-electron chi connectivity index (χ4n) is 2.37. The van der Waals surface area contributed by atoms with Crippen LogP contribution >= 0.6 is 7.92 Å². The summed E-state index contributed by atoms with van der Waals surface area (Å²) in [5.74, 6) is 2.02. The zero-order valence-electron chi connectivity index (χ0n) is 8.30. The minimum Gasteiger partial charge on any atom is -0.107 e. The van der Waals surface area contributed by atoms with Crippen LogP contribution in [0.2, 0.25) is 0 Å². The van der Waals surface area contributed by atoms with Crippen molar-refractivity contribution in [2.75, 3.05) is 12.8 Å². The fourth-order valence-corrected chi connectivity index (χ4v) is 4.75. The van der Waals surface area contributed by atoms with Crippen LogP contribution in [0.4, 0.5) is 0 Å². The van der Waals surface area contributed by atoms with E-state index in [1.165, 1.54) is 19.0 Å². The Bertz CT molecular complexity index is 122. The maximum Gasteiger partial charge on any atom is -0.0209 e. The van der Waals surface area contributed by atoms with E-state index in [0.717, 1.165) is 17.5 Å². The third kappa shape index (κ3) is 1.96. The molecule has 0 aromatic heterocycles. The minimum atomic E-state index is 0.375. The van der Waals surface area contributed by atoms with E-state index in [1.54, 1.807) is 0 Å². The topological polar surface area (TPSA) is 0 Å². The van der Waals surface area contributed by atoms with Crippen molar-refractivity contribution in [2.45, 2.75) is 39.3 Å². The van der Waals surface area contributed by atoms with Gasteiger partial charge in [0, 0.05) is 0 Å². The molecule has 11 heavy (non-hydrogen) atoms. The molecule has 1 heterocycles. The van der Waals surface area contributed by atoms with Crippen LogP contribution in [0.1, 0.15) is 33.6 Å². The fraction of sp³-hybridized carbons (Fsp3) is 1.00. The van der Waals surface area contributed by atoms with Crippen molar-refractivity contribution in [3.8, 4) is 0 Å². The molecular weight excluding hydrogens is 151 g/mol. The van der Waals surface area contributed by atoms with Gasteiger partial charge in [-0.25, -0.2) is 0 Å². The van der Waals surface area contributed by atoms with E-state index >= 15 is 0 Å². The summed E-state index contributed by atoms with van der Waals surface area (Å²) in [5, 5.41) is 0. The van der Waals surface area contributed by atoms with Gasteiger partial charge in [-0.05, 0) is 36.7 Å². The molecule has 0 aromatic rings. The number of rotatable bonds is 1. The molecule has 66 valence electrons.